The molecule has 1 aromatic heterocycles. The summed E-state index contributed by atoms with van der Waals surface area (Å²) in [7, 11) is 0. The van der Waals surface area contributed by atoms with Gasteiger partial charge in [0.25, 0.3) is 0 Å². The first-order chi connectivity index (χ1) is 7.20. The lowest BCUT2D eigenvalue weighted by molar-refractivity contribution is 0.627. The lowest BCUT2D eigenvalue weighted by Gasteiger charge is -2.11. The van der Waals surface area contributed by atoms with Crippen molar-refractivity contribution in [2.24, 2.45) is 0 Å². The van der Waals surface area contributed by atoms with Crippen molar-refractivity contribution in [1.82, 2.24) is 9.97 Å². The van der Waals surface area contributed by atoms with Crippen molar-refractivity contribution < 1.29 is 4.39 Å². The standard InChI is InChI=1S/C12H13FN2/c1-8(2)9-4-3-5-10(13)12(9)11-6-14-7-15-11/h3-8H,1-2H3,(H,14,15). The first-order valence-electron chi connectivity index (χ1n) is 4.97. The predicted molar refractivity (Wildman–Crippen MR) is 58.1 cm³/mol. The van der Waals surface area contributed by atoms with Gasteiger partial charge in [-0.05, 0) is 17.5 Å². The molecule has 0 bridgehead atoms. The SMILES string of the molecule is CC(C)c1cccc(F)c1-c1c[nH]cn1. The molecule has 2 rings (SSSR count). The number of aromatic amines is 1. The van der Waals surface area contributed by atoms with Gasteiger partial charge in [0.15, 0.2) is 0 Å². The summed E-state index contributed by atoms with van der Waals surface area (Å²) in [6.07, 6.45) is 3.27. The Balaban J connectivity index is 2.63. The van der Waals surface area contributed by atoms with E-state index in [0.29, 0.717) is 11.3 Å². The number of imidazole rings is 1. The number of aromatic nitrogens is 2. The Morgan fingerprint density at radius 2 is 2.13 bits per heavy atom. The van der Waals surface area contributed by atoms with Gasteiger partial charge in [-0.25, -0.2) is 9.37 Å². The maximum atomic E-state index is 13.7. The molecule has 0 unspecified atom stereocenters. The monoisotopic (exact) mass is 204 g/mol. The van der Waals surface area contributed by atoms with Crippen LogP contribution in [0.25, 0.3) is 11.3 Å². The van der Waals surface area contributed by atoms with Crippen LogP contribution in [0.1, 0.15) is 25.3 Å². The highest BCUT2D eigenvalue weighted by molar-refractivity contribution is 5.64. The van der Waals surface area contributed by atoms with E-state index in [1.807, 2.05) is 19.9 Å². The average molecular weight is 204 g/mol. The van der Waals surface area contributed by atoms with E-state index in [1.165, 1.54) is 6.07 Å². The van der Waals surface area contributed by atoms with Crippen LogP contribution >= 0.6 is 0 Å². The topological polar surface area (TPSA) is 28.7 Å². The summed E-state index contributed by atoms with van der Waals surface area (Å²) in [6, 6.07) is 5.15. The van der Waals surface area contributed by atoms with Crippen LogP contribution in [0.3, 0.4) is 0 Å². The molecule has 78 valence electrons. The van der Waals surface area contributed by atoms with E-state index in [1.54, 1.807) is 18.6 Å². The van der Waals surface area contributed by atoms with Gasteiger partial charge < -0.3 is 4.98 Å². The molecule has 0 atom stereocenters. The molecule has 2 nitrogen and oxygen atoms in total. The Labute approximate surface area is 88.2 Å². The highest BCUT2D eigenvalue weighted by Crippen LogP contribution is 2.29. The zero-order valence-electron chi connectivity index (χ0n) is 8.79. The third-order valence-electron chi connectivity index (χ3n) is 2.42. The van der Waals surface area contributed by atoms with E-state index < -0.39 is 0 Å². The van der Waals surface area contributed by atoms with Crippen LogP contribution in [0.15, 0.2) is 30.7 Å². The van der Waals surface area contributed by atoms with E-state index in [9.17, 15) is 4.39 Å². The molecule has 0 radical (unpaired) electrons. The maximum absolute atomic E-state index is 13.7. The Kier molecular flexibility index (Phi) is 2.54. The molecular formula is C12H13FN2. The summed E-state index contributed by atoms with van der Waals surface area (Å²) in [6.45, 7) is 4.09. The lowest BCUT2D eigenvalue weighted by atomic mass is 9.95. The number of nitrogens with zero attached hydrogens (tertiary/aromatic N) is 1. The van der Waals surface area contributed by atoms with Crippen LogP contribution in [-0.4, -0.2) is 9.97 Å². The van der Waals surface area contributed by atoms with Crippen molar-refractivity contribution in [2.75, 3.05) is 0 Å². The van der Waals surface area contributed by atoms with E-state index >= 15 is 0 Å². The molecule has 0 saturated carbocycles. The summed E-state index contributed by atoms with van der Waals surface area (Å²) in [5.41, 5.74) is 2.26. The van der Waals surface area contributed by atoms with Crippen molar-refractivity contribution in [2.45, 2.75) is 19.8 Å². The van der Waals surface area contributed by atoms with E-state index in [4.69, 9.17) is 0 Å². The minimum atomic E-state index is -0.215. The molecule has 1 heterocycles. The largest absolute Gasteiger partial charge is 0.351 e. The molecule has 0 saturated heterocycles. The molecule has 3 heteroatoms. The predicted octanol–water partition coefficient (Wildman–Crippen LogP) is 3.34. The van der Waals surface area contributed by atoms with E-state index in [0.717, 1.165) is 5.56 Å². The van der Waals surface area contributed by atoms with E-state index in [-0.39, 0.29) is 11.7 Å². The smallest absolute Gasteiger partial charge is 0.132 e. The molecule has 1 N–H and O–H groups in total. The number of rotatable bonds is 2. The van der Waals surface area contributed by atoms with Gasteiger partial charge in [-0.2, -0.15) is 0 Å². The van der Waals surface area contributed by atoms with Gasteiger partial charge in [0.1, 0.15) is 5.82 Å². The van der Waals surface area contributed by atoms with Gasteiger partial charge in [-0.3, -0.25) is 0 Å². The first kappa shape index (κ1) is 9.90. The minimum Gasteiger partial charge on any atom is -0.351 e. The van der Waals surface area contributed by atoms with Crippen LogP contribution in [0.2, 0.25) is 0 Å². The van der Waals surface area contributed by atoms with Crippen LogP contribution in [0.5, 0.6) is 0 Å². The van der Waals surface area contributed by atoms with Gasteiger partial charge in [-0.15, -0.1) is 0 Å². The van der Waals surface area contributed by atoms with Crippen LogP contribution in [0.4, 0.5) is 4.39 Å². The first-order valence-corrected chi connectivity index (χ1v) is 4.97. The highest BCUT2D eigenvalue weighted by atomic mass is 19.1. The van der Waals surface area contributed by atoms with Gasteiger partial charge in [0.2, 0.25) is 0 Å². The molecule has 0 spiro atoms. The Morgan fingerprint density at radius 3 is 2.73 bits per heavy atom. The number of halogens is 1. The fourth-order valence-electron chi connectivity index (χ4n) is 1.69. The third kappa shape index (κ3) is 1.77. The minimum absolute atomic E-state index is 0.215. The second kappa shape index (κ2) is 3.85. The fourth-order valence-corrected chi connectivity index (χ4v) is 1.69. The number of benzene rings is 1. The quantitative estimate of drug-likeness (QED) is 0.798. The Hall–Kier alpha value is -1.64. The second-order valence-corrected chi connectivity index (χ2v) is 3.81. The van der Waals surface area contributed by atoms with Crippen molar-refractivity contribution in [3.63, 3.8) is 0 Å². The summed E-state index contributed by atoms with van der Waals surface area (Å²) in [4.78, 5) is 6.94. The van der Waals surface area contributed by atoms with E-state index in [2.05, 4.69) is 9.97 Å². The summed E-state index contributed by atoms with van der Waals surface area (Å²) in [5.74, 6) is 0.0701. The van der Waals surface area contributed by atoms with Gasteiger partial charge in [0, 0.05) is 11.8 Å². The second-order valence-electron chi connectivity index (χ2n) is 3.81. The number of hydrogen-bond acceptors (Lipinski definition) is 1. The van der Waals surface area contributed by atoms with Gasteiger partial charge in [0.05, 0.1) is 12.0 Å². The maximum Gasteiger partial charge on any atom is 0.132 e. The fraction of sp³-hybridized carbons (Fsp3) is 0.250. The Morgan fingerprint density at radius 1 is 1.33 bits per heavy atom. The summed E-state index contributed by atoms with van der Waals surface area (Å²) >= 11 is 0. The van der Waals surface area contributed by atoms with Crippen molar-refractivity contribution >= 4 is 0 Å². The van der Waals surface area contributed by atoms with Crippen LogP contribution in [-0.2, 0) is 0 Å². The molecule has 0 aliphatic heterocycles. The molecule has 0 amide bonds. The van der Waals surface area contributed by atoms with Crippen LogP contribution < -0.4 is 0 Å². The molecule has 2 aromatic rings. The summed E-state index contributed by atoms with van der Waals surface area (Å²) < 4.78 is 13.7. The zero-order chi connectivity index (χ0) is 10.8. The van der Waals surface area contributed by atoms with Gasteiger partial charge in [-0.1, -0.05) is 26.0 Å². The lowest BCUT2D eigenvalue weighted by Crippen LogP contribution is -1.95. The molecular weight excluding hydrogens is 191 g/mol. The molecule has 15 heavy (non-hydrogen) atoms. The van der Waals surface area contributed by atoms with Crippen LogP contribution in [0, 0.1) is 5.82 Å². The summed E-state index contributed by atoms with van der Waals surface area (Å²) in [5, 5.41) is 0. The highest BCUT2D eigenvalue weighted by Gasteiger charge is 2.14. The molecule has 0 fully saturated rings. The number of H-pyrrole nitrogens is 1. The third-order valence-corrected chi connectivity index (χ3v) is 2.42. The normalized spacial score (nSPS) is 10.9. The number of nitrogens with one attached hydrogen (secondary N) is 1. The Bertz CT molecular complexity index is 447. The zero-order valence-corrected chi connectivity index (χ0v) is 8.79. The molecule has 1 aromatic carbocycles. The molecule has 0 aliphatic rings. The van der Waals surface area contributed by atoms with Crippen molar-refractivity contribution in [3.05, 3.63) is 42.1 Å². The average Bonchev–Trinajstić information content (AvgIpc) is 2.70. The van der Waals surface area contributed by atoms with Crippen molar-refractivity contribution in [3.8, 4) is 11.3 Å². The van der Waals surface area contributed by atoms with Gasteiger partial charge >= 0.3 is 0 Å². The van der Waals surface area contributed by atoms with Crippen molar-refractivity contribution in [1.29, 1.82) is 0 Å². The number of hydrogen-bond donors (Lipinski definition) is 1. The molecule has 0 aliphatic carbocycles.